The summed E-state index contributed by atoms with van der Waals surface area (Å²) in [4.78, 5) is 18.2. The first kappa shape index (κ1) is 15.9. The minimum absolute atomic E-state index is 0.716. The van der Waals surface area contributed by atoms with E-state index >= 15 is 0 Å². The van der Waals surface area contributed by atoms with Crippen LogP contribution in [-0.2, 0) is 6.42 Å². The molecule has 0 atom stereocenters. The highest BCUT2D eigenvalue weighted by molar-refractivity contribution is 5.75. The van der Waals surface area contributed by atoms with Crippen molar-refractivity contribution in [1.82, 2.24) is 15.0 Å². The molecule has 1 saturated heterocycles. The molecular weight excluding hydrogens is 314 g/mol. The van der Waals surface area contributed by atoms with Crippen molar-refractivity contribution in [2.24, 2.45) is 0 Å². The summed E-state index contributed by atoms with van der Waals surface area (Å²) in [6.07, 6.45) is 0.929. The molecule has 1 fully saturated rings. The van der Waals surface area contributed by atoms with Crippen LogP contribution in [0.25, 0.3) is 11.1 Å². The fourth-order valence-corrected chi connectivity index (χ4v) is 3.24. The molecule has 1 aromatic carbocycles. The van der Waals surface area contributed by atoms with E-state index in [4.69, 9.17) is 4.42 Å². The van der Waals surface area contributed by atoms with Crippen molar-refractivity contribution >= 4 is 22.9 Å². The zero-order chi connectivity index (χ0) is 17.4. The van der Waals surface area contributed by atoms with Crippen LogP contribution in [0.1, 0.15) is 24.0 Å². The number of benzene rings is 1. The Morgan fingerprint density at radius 2 is 1.72 bits per heavy atom. The lowest BCUT2D eigenvalue weighted by Gasteiger charge is -2.34. The van der Waals surface area contributed by atoms with Crippen LogP contribution in [0.2, 0.25) is 0 Å². The van der Waals surface area contributed by atoms with Crippen LogP contribution in [0, 0.1) is 13.8 Å². The van der Waals surface area contributed by atoms with Crippen LogP contribution in [-0.4, -0.2) is 41.1 Å². The van der Waals surface area contributed by atoms with Gasteiger partial charge in [-0.25, -0.2) is 9.97 Å². The van der Waals surface area contributed by atoms with E-state index in [0.29, 0.717) is 6.01 Å². The first-order valence-electron chi connectivity index (χ1n) is 8.84. The Morgan fingerprint density at radius 3 is 2.48 bits per heavy atom. The van der Waals surface area contributed by atoms with Crippen molar-refractivity contribution in [2.45, 2.75) is 27.2 Å². The number of rotatable bonds is 3. The molecule has 0 radical (unpaired) electrons. The topological polar surface area (TPSA) is 58.3 Å². The van der Waals surface area contributed by atoms with E-state index in [1.165, 1.54) is 5.56 Å². The van der Waals surface area contributed by atoms with Gasteiger partial charge in [-0.3, -0.25) is 0 Å². The summed E-state index contributed by atoms with van der Waals surface area (Å²) in [6.45, 7) is 9.69. The second kappa shape index (κ2) is 6.35. The predicted molar refractivity (Wildman–Crippen MR) is 99.3 cm³/mol. The smallest absolute Gasteiger partial charge is 0.298 e. The van der Waals surface area contributed by atoms with E-state index in [2.05, 4.69) is 56.8 Å². The van der Waals surface area contributed by atoms with Gasteiger partial charge in [-0.15, -0.1) is 0 Å². The highest BCUT2D eigenvalue weighted by Crippen LogP contribution is 2.24. The van der Waals surface area contributed by atoms with Gasteiger partial charge in [0.15, 0.2) is 5.58 Å². The van der Waals surface area contributed by atoms with Crippen molar-refractivity contribution in [3.8, 4) is 0 Å². The predicted octanol–water partition coefficient (Wildman–Crippen LogP) is 3.12. The zero-order valence-electron chi connectivity index (χ0n) is 15.0. The molecule has 0 aliphatic carbocycles. The average molecular weight is 337 g/mol. The minimum atomic E-state index is 0.716. The van der Waals surface area contributed by atoms with E-state index in [1.807, 2.05) is 13.0 Å². The number of nitrogens with zero attached hydrogens (tertiary/aromatic N) is 5. The van der Waals surface area contributed by atoms with Crippen LogP contribution >= 0.6 is 0 Å². The zero-order valence-corrected chi connectivity index (χ0v) is 15.0. The molecular formula is C19H23N5O. The van der Waals surface area contributed by atoms with Gasteiger partial charge < -0.3 is 14.2 Å². The molecule has 1 aliphatic rings. The lowest BCUT2D eigenvalue weighted by molar-refractivity contribution is 0.540. The van der Waals surface area contributed by atoms with Gasteiger partial charge in [-0.1, -0.05) is 13.0 Å². The quantitative estimate of drug-likeness (QED) is 0.732. The maximum atomic E-state index is 5.93. The van der Waals surface area contributed by atoms with Crippen LogP contribution < -0.4 is 9.80 Å². The average Bonchev–Trinajstić information content (AvgIpc) is 3.04. The first-order chi connectivity index (χ1) is 12.1. The first-order valence-corrected chi connectivity index (χ1v) is 8.84. The molecule has 1 aliphatic heterocycles. The summed E-state index contributed by atoms with van der Waals surface area (Å²) in [5.41, 5.74) is 4.07. The highest BCUT2D eigenvalue weighted by atomic mass is 16.4. The Balaban J connectivity index is 1.49. The number of oxazole rings is 1. The van der Waals surface area contributed by atoms with Gasteiger partial charge in [0.2, 0.25) is 0 Å². The lowest BCUT2D eigenvalue weighted by atomic mass is 10.2. The van der Waals surface area contributed by atoms with Crippen LogP contribution in [0.5, 0.6) is 0 Å². The third-order valence-corrected chi connectivity index (χ3v) is 4.65. The summed E-state index contributed by atoms with van der Waals surface area (Å²) < 4.78 is 5.93. The van der Waals surface area contributed by atoms with Crippen molar-refractivity contribution < 1.29 is 4.42 Å². The summed E-state index contributed by atoms with van der Waals surface area (Å²) in [5.74, 6) is 1.86. The monoisotopic (exact) mass is 337 g/mol. The molecule has 4 rings (SSSR count). The molecule has 0 bridgehead atoms. The summed E-state index contributed by atoms with van der Waals surface area (Å²) in [7, 11) is 0. The van der Waals surface area contributed by atoms with Gasteiger partial charge in [-0.2, -0.15) is 4.98 Å². The normalized spacial score (nSPS) is 15.2. The molecule has 25 heavy (non-hydrogen) atoms. The Bertz CT molecular complexity index is 896. The summed E-state index contributed by atoms with van der Waals surface area (Å²) in [5, 5.41) is 0. The third-order valence-electron chi connectivity index (χ3n) is 4.65. The summed E-state index contributed by atoms with van der Waals surface area (Å²) in [6, 6.07) is 8.93. The molecule has 6 heteroatoms. The Morgan fingerprint density at radius 1 is 0.960 bits per heavy atom. The minimum Gasteiger partial charge on any atom is -0.423 e. The molecule has 3 heterocycles. The maximum absolute atomic E-state index is 5.93. The van der Waals surface area contributed by atoms with Crippen molar-refractivity contribution in [2.75, 3.05) is 36.0 Å². The van der Waals surface area contributed by atoms with E-state index in [0.717, 1.165) is 61.0 Å². The molecule has 130 valence electrons. The molecule has 2 aromatic heterocycles. The maximum Gasteiger partial charge on any atom is 0.298 e. The van der Waals surface area contributed by atoms with Crippen LogP contribution in [0.4, 0.5) is 11.8 Å². The number of anilines is 2. The summed E-state index contributed by atoms with van der Waals surface area (Å²) >= 11 is 0. The Kier molecular flexibility index (Phi) is 4.03. The van der Waals surface area contributed by atoms with Gasteiger partial charge in [0.25, 0.3) is 6.01 Å². The fraction of sp³-hybridized carbons (Fsp3) is 0.421. The Hall–Kier alpha value is -2.63. The number of hydrogen-bond acceptors (Lipinski definition) is 6. The molecule has 0 amide bonds. The standard InChI is InChI=1S/C19H23N5O/c1-4-15-12-18(21-14(3)20-15)23-7-9-24(10-8-23)19-22-16-11-13(2)5-6-17(16)25-19/h5-6,11-12H,4,7-10H2,1-3H3. The Labute approximate surface area is 147 Å². The third kappa shape index (κ3) is 3.16. The van der Waals surface area contributed by atoms with Gasteiger partial charge in [0.05, 0.1) is 0 Å². The van der Waals surface area contributed by atoms with Gasteiger partial charge in [0, 0.05) is 37.9 Å². The number of fused-ring (bicyclic) bond motifs is 1. The molecule has 0 N–H and O–H groups in total. The number of piperazine rings is 1. The number of aryl methyl sites for hydroxylation is 3. The van der Waals surface area contributed by atoms with Gasteiger partial charge in [-0.05, 0) is 38.0 Å². The van der Waals surface area contributed by atoms with Crippen LogP contribution in [0.15, 0.2) is 28.7 Å². The number of aromatic nitrogens is 3. The molecule has 0 unspecified atom stereocenters. The SMILES string of the molecule is CCc1cc(N2CCN(c3nc4cc(C)ccc4o3)CC2)nc(C)n1. The van der Waals surface area contributed by atoms with Crippen molar-refractivity contribution in [3.63, 3.8) is 0 Å². The number of hydrogen-bond donors (Lipinski definition) is 0. The second-order valence-electron chi connectivity index (χ2n) is 6.56. The highest BCUT2D eigenvalue weighted by Gasteiger charge is 2.22. The second-order valence-corrected chi connectivity index (χ2v) is 6.56. The van der Waals surface area contributed by atoms with Gasteiger partial charge in [0.1, 0.15) is 17.2 Å². The van der Waals surface area contributed by atoms with E-state index in [1.54, 1.807) is 0 Å². The van der Waals surface area contributed by atoms with Gasteiger partial charge >= 0.3 is 0 Å². The van der Waals surface area contributed by atoms with E-state index in [9.17, 15) is 0 Å². The van der Waals surface area contributed by atoms with Crippen LogP contribution in [0.3, 0.4) is 0 Å². The van der Waals surface area contributed by atoms with E-state index < -0.39 is 0 Å². The molecule has 0 spiro atoms. The van der Waals surface area contributed by atoms with E-state index in [-0.39, 0.29) is 0 Å². The lowest BCUT2D eigenvalue weighted by Crippen LogP contribution is -2.47. The largest absolute Gasteiger partial charge is 0.423 e. The molecule has 6 nitrogen and oxygen atoms in total. The fourth-order valence-electron chi connectivity index (χ4n) is 3.24. The van der Waals surface area contributed by atoms with Crippen molar-refractivity contribution in [3.05, 3.63) is 41.3 Å². The molecule has 3 aromatic rings. The van der Waals surface area contributed by atoms with Crippen molar-refractivity contribution in [1.29, 1.82) is 0 Å². The molecule has 0 saturated carbocycles.